The minimum absolute atomic E-state index is 0.00391. The molecule has 32 heavy (non-hydrogen) atoms. The molecule has 5 rings (SSSR count). The van der Waals surface area contributed by atoms with Crippen molar-refractivity contribution < 1.29 is 9.59 Å². The summed E-state index contributed by atoms with van der Waals surface area (Å²) < 4.78 is 0. The van der Waals surface area contributed by atoms with E-state index in [0.29, 0.717) is 18.5 Å². The van der Waals surface area contributed by atoms with Crippen LogP contribution in [0.15, 0.2) is 30.3 Å². The van der Waals surface area contributed by atoms with Crippen molar-refractivity contribution in [3.63, 3.8) is 0 Å². The quantitative estimate of drug-likeness (QED) is 0.708. The highest BCUT2D eigenvalue weighted by Crippen LogP contribution is 2.49. The maximum atomic E-state index is 13.5. The molecular formula is C26H38N4O2. The van der Waals surface area contributed by atoms with E-state index in [-0.39, 0.29) is 29.6 Å². The summed E-state index contributed by atoms with van der Waals surface area (Å²) in [6.45, 7) is 1.75. The summed E-state index contributed by atoms with van der Waals surface area (Å²) in [4.78, 5) is 32.4. The minimum Gasteiger partial charge on any atom is -0.352 e. The van der Waals surface area contributed by atoms with Crippen LogP contribution in [0, 0.1) is 5.92 Å². The first-order chi connectivity index (χ1) is 15.4. The Morgan fingerprint density at radius 2 is 1.75 bits per heavy atom. The molecule has 6 heteroatoms. The average Bonchev–Trinajstić information content (AvgIpc) is 3.53. The zero-order valence-electron chi connectivity index (χ0n) is 19.7. The van der Waals surface area contributed by atoms with Gasteiger partial charge in [-0.1, -0.05) is 36.8 Å². The second-order valence-corrected chi connectivity index (χ2v) is 10.9. The van der Waals surface area contributed by atoms with Crippen molar-refractivity contribution in [2.24, 2.45) is 5.92 Å². The van der Waals surface area contributed by atoms with Crippen molar-refractivity contribution in [1.29, 1.82) is 0 Å². The molecule has 6 nitrogen and oxygen atoms in total. The molecule has 0 bridgehead atoms. The number of carbonyl (C=O) groups is 2. The third kappa shape index (κ3) is 3.91. The number of nitrogens with zero attached hydrogens (tertiary/aromatic N) is 3. The Bertz CT molecular complexity index is 839. The van der Waals surface area contributed by atoms with Crippen LogP contribution in [0.1, 0.15) is 63.4 Å². The minimum atomic E-state index is -0.138. The summed E-state index contributed by atoms with van der Waals surface area (Å²) in [6.07, 6.45) is 9.92. The van der Waals surface area contributed by atoms with Gasteiger partial charge in [0.2, 0.25) is 5.91 Å². The number of carbonyl (C=O) groups excluding carboxylic acids is 2. The molecule has 4 fully saturated rings. The molecule has 1 N–H and O–H groups in total. The summed E-state index contributed by atoms with van der Waals surface area (Å²) in [5.41, 5.74) is 1.24. The topological polar surface area (TPSA) is 55.9 Å². The van der Waals surface area contributed by atoms with Crippen LogP contribution >= 0.6 is 0 Å². The van der Waals surface area contributed by atoms with Crippen LogP contribution in [0.2, 0.25) is 0 Å². The number of amides is 3. The SMILES string of the molecule is CN(C)C1(c2ccccc2)CCC2(CC1)CN(CC(=O)NC1CC1)C(=O)N2CC1CCC1. The van der Waals surface area contributed by atoms with Crippen molar-refractivity contribution >= 4 is 11.9 Å². The predicted octanol–water partition coefficient (Wildman–Crippen LogP) is 3.57. The number of rotatable bonds is 7. The monoisotopic (exact) mass is 438 g/mol. The Morgan fingerprint density at radius 1 is 1.06 bits per heavy atom. The molecule has 0 atom stereocenters. The van der Waals surface area contributed by atoms with E-state index in [2.05, 4.69) is 59.5 Å². The highest BCUT2D eigenvalue weighted by molar-refractivity contribution is 5.86. The molecule has 1 aromatic rings. The van der Waals surface area contributed by atoms with Gasteiger partial charge in [-0.05, 0) is 76.9 Å². The first kappa shape index (κ1) is 21.7. The number of nitrogens with one attached hydrogen (secondary N) is 1. The summed E-state index contributed by atoms with van der Waals surface area (Å²) in [5.74, 6) is 0.634. The lowest BCUT2D eigenvalue weighted by Gasteiger charge is -2.51. The van der Waals surface area contributed by atoms with E-state index in [4.69, 9.17) is 0 Å². The Balaban J connectivity index is 1.35. The Kier molecular flexibility index (Phi) is 5.68. The zero-order chi connectivity index (χ0) is 22.3. The van der Waals surface area contributed by atoms with Gasteiger partial charge in [-0.3, -0.25) is 9.69 Å². The van der Waals surface area contributed by atoms with E-state index in [0.717, 1.165) is 45.1 Å². The summed E-state index contributed by atoms with van der Waals surface area (Å²) in [7, 11) is 4.37. The van der Waals surface area contributed by atoms with E-state index in [9.17, 15) is 9.59 Å². The fraction of sp³-hybridized carbons (Fsp3) is 0.692. The molecule has 4 aliphatic rings. The Morgan fingerprint density at radius 3 is 2.31 bits per heavy atom. The molecule has 0 aromatic heterocycles. The maximum Gasteiger partial charge on any atom is 0.321 e. The lowest BCUT2D eigenvalue weighted by molar-refractivity contribution is -0.121. The molecule has 1 spiro atoms. The van der Waals surface area contributed by atoms with Crippen LogP contribution in [0.4, 0.5) is 4.79 Å². The van der Waals surface area contributed by atoms with Gasteiger partial charge in [-0.25, -0.2) is 4.79 Å². The molecule has 1 aliphatic heterocycles. The Hall–Kier alpha value is -2.08. The molecule has 174 valence electrons. The molecule has 1 heterocycles. The van der Waals surface area contributed by atoms with Crippen LogP contribution in [-0.2, 0) is 10.3 Å². The summed E-state index contributed by atoms with van der Waals surface area (Å²) in [5, 5.41) is 3.06. The third-order valence-corrected chi connectivity index (χ3v) is 8.68. The lowest BCUT2D eigenvalue weighted by Crippen LogP contribution is -2.56. The second kappa shape index (κ2) is 8.36. The van der Waals surface area contributed by atoms with Crippen LogP contribution in [0.25, 0.3) is 0 Å². The molecule has 3 amide bonds. The fourth-order valence-electron chi connectivity index (χ4n) is 6.18. The molecule has 1 saturated heterocycles. The van der Waals surface area contributed by atoms with Crippen LogP contribution in [0.3, 0.4) is 0 Å². The fourth-order valence-corrected chi connectivity index (χ4v) is 6.18. The van der Waals surface area contributed by atoms with E-state index in [1.807, 2.05) is 4.90 Å². The average molecular weight is 439 g/mol. The van der Waals surface area contributed by atoms with Crippen molar-refractivity contribution in [3.8, 4) is 0 Å². The Labute approximate surface area is 192 Å². The maximum absolute atomic E-state index is 13.5. The normalized spacial score (nSPS) is 30.8. The van der Waals surface area contributed by atoms with Crippen LogP contribution in [0.5, 0.6) is 0 Å². The molecule has 3 saturated carbocycles. The predicted molar refractivity (Wildman–Crippen MR) is 125 cm³/mol. The van der Waals surface area contributed by atoms with Gasteiger partial charge >= 0.3 is 6.03 Å². The van der Waals surface area contributed by atoms with Gasteiger partial charge in [0.15, 0.2) is 0 Å². The van der Waals surface area contributed by atoms with Gasteiger partial charge < -0.3 is 15.1 Å². The van der Waals surface area contributed by atoms with Gasteiger partial charge in [0.05, 0.1) is 5.54 Å². The van der Waals surface area contributed by atoms with Crippen molar-refractivity contribution in [2.45, 2.75) is 74.9 Å². The number of hydrogen-bond acceptors (Lipinski definition) is 3. The van der Waals surface area contributed by atoms with Gasteiger partial charge in [0.25, 0.3) is 0 Å². The van der Waals surface area contributed by atoms with Crippen molar-refractivity contribution in [1.82, 2.24) is 20.0 Å². The highest BCUT2D eigenvalue weighted by Gasteiger charge is 2.55. The molecular weight excluding hydrogens is 400 g/mol. The number of benzene rings is 1. The van der Waals surface area contributed by atoms with Gasteiger partial charge in [-0.2, -0.15) is 0 Å². The largest absolute Gasteiger partial charge is 0.352 e. The van der Waals surface area contributed by atoms with Crippen molar-refractivity contribution in [2.75, 3.05) is 33.7 Å². The smallest absolute Gasteiger partial charge is 0.321 e. The molecule has 1 aromatic carbocycles. The van der Waals surface area contributed by atoms with E-state index < -0.39 is 0 Å². The standard InChI is InChI=1S/C26H38N4O2/c1-28(2)26(21-9-4-3-5-10-21)15-13-25(14-16-26)19-29(18-23(31)27-22-11-12-22)24(32)30(25)17-20-7-6-8-20/h3-5,9-10,20,22H,6-8,11-19H2,1-2H3,(H,27,31). The third-order valence-electron chi connectivity index (χ3n) is 8.68. The van der Waals surface area contributed by atoms with Gasteiger partial charge in [0.1, 0.15) is 6.54 Å². The van der Waals surface area contributed by atoms with E-state index in [1.54, 1.807) is 0 Å². The number of hydrogen-bond donors (Lipinski definition) is 1. The highest BCUT2D eigenvalue weighted by atomic mass is 16.2. The van der Waals surface area contributed by atoms with E-state index in [1.165, 1.54) is 24.8 Å². The van der Waals surface area contributed by atoms with Crippen molar-refractivity contribution in [3.05, 3.63) is 35.9 Å². The van der Waals surface area contributed by atoms with Gasteiger partial charge in [0, 0.05) is 24.7 Å². The summed E-state index contributed by atoms with van der Waals surface area (Å²) in [6, 6.07) is 11.3. The number of urea groups is 1. The first-order valence-corrected chi connectivity index (χ1v) is 12.5. The first-order valence-electron chi connectivity index (χ1n) is 12.5. The molecule has 0 unspecified atom stereocenters. The van der Waals surface area contributed by atoms with Crippen LogP contribution < -0.4 is 5.32 Å². The van der Waals surface area contributed by atoms with Crippen LogP contribution in [-0.4, -0.2) is 71.9 Å². The molecule has 3 aliphatic carbocycles. The van der Waals surface area contributed by atoms with E-state index >= 15 is 0 Å². The van der Waals surface area contributed by atoms with Gasteiger partial charge in [-0.15, -0.1) is 0 Å². The second-order valence-electron chi connectivity index (χ2n) is 10.9. The zero-order valence-corrected chi connectivity index (χ0v) is 19.7. The lowest BCUT2D eigenvalue weighted by atomic mass is 9.68. The summed E-state index contributed by atoms with van der Waals surface area (Å²) >= 11 is 0. The molecule has 0 radical (unpaired) electrons.